The predicted octanol–water partition coefficient (Wildman–Crippen LogP) is 1.61. The summed E-state index contributed by atoms with van der Waals surface area (Å²) in [5.74, 6) is 0. The van der Waals surface area contributed by atoms with Crippen LogP contribution in [0.5, 0.6) is 0 Å². The fourth-order valence-corrected chi connectivity index (χ4v) is 1.00. The molecule has 0 fully saturated rings. The van der Waals surface area contributed by atoms with Gasteiger partial charge in [0.05, 0.1) is 11.2 Å². The van der Waals surface area contributed by atoms with Crippen molar-refractivity contribution in [2.75, 3.05) is 0 Å². The standard InChI is InChI=1S/C8H11F2N3/c1-8(2,11)6-5(7(9)10)12-3-4-13-6/h3-4,7H,11H2,1-2H3. The molecule has 0 aromatic carbocycles. The Bertz CT molecular complexity index is 294. The molecule has 0 amide bonds. The Morgan fingerprint density at radius 2 is 1.85 bits per heavy atom. The van der Waals surface area contributed by atoms with Gasteiger partial charge in [-0.15, -0.1) is 0 Å². The molecule has 1 heterocycles. The van der Waals surface area contributed by atoms with Crippen LogP contribution in [-0.4, -0.2) is 9.97 Å². The number of nitrogens with zero attached hydrogens (tertiary/aromatic N) is 2. The lowest BCUT2D eigenvalue weighted by Gasteiger charge is -2.19. The van der Waals surface area contributed by atoms with Gasteiger partial charge in [-0.3, -0.25) is 9.97 Å². The van der Waals surface area contributed by atoms with Crippen LogP contribution < -0.4 is 5.73 Å². The highest BCUT2D eigenvalue weighted by molar-refractivity contribution is 5.19. The van der Waals surface area contributed by atoms with Gasteiger partial charge in [-0.1, -0.05) is 0 Å². The molecule has 0 saturated carbocycles. The Balaban J connectivity index is 3.20. The van der Waals surface area contributed by atoms with Gasteiger partial charge in [0.25, 0.3) is 6.43 Å². The van der Waals surface area contributed by atoms with E-state index in [-0.39, 0.29) is 11.4 Å². The van der Waals surface area contributed by atoms with Crippen LogP contribution in [0.25, 0.3) is 0 Å². The molecule has 0 aliphatic carbocycles. The van der Waals surface area contributed by atoms with Crippen molar-refractivity contribution >= 4 is 0 Å². The van der Waals surface area contributed by atoms with Crippen LogP contribution in [0.2, 0.25) is 0 Å². The zero-order valence-corrected chi connectivity index (χ0v) is 7.46. The average molecular weight is 187 g/mol. The molecule has 0 saturated heterocycles. The fraction of sp³-hybridized carbons (Fsp3) is 0.500. The molecule has 1 rings (SSSR count). The lowest BCUT2D eigenvalue weighted by molar-refractivity contribution is 0.142. The third-order valence-electron chi connectivity index (χ3n) is 1.54. The molecule has 72 valence electrons. The average Bonchev–Trinajstić information content (AvgIpc) is 2.03. The Labute approximate surface area is 75.0 Å². The summed E-state index contributed by atoms with van der Waals surface area (Å²) in [5, 5.41) is 0. The minimum Gasteiger partial charge on any atom is -0.321 e. The Morgan fingerprint density at radius 1 is 1.31 bits per heavy atom. The molecule has 0 aliphatic heterocycles. The summed E-state index contributed by atoms with van der Waals surface area (Å²) in [6.45, 7) is 3.23. The minimum atomic E-state index is -2.63. The Hall–Kier alpha value is -1.10. The second-order valence-electron chi connectivity index (χ2n) is 3.31. The first-order valence-electron chi connectivity index (χ1n) is 3.81. The summed E-state index contributed by atoms with van der Waals surface area (Å²) in [7, 11) is 0. The third-order valence-corrected chi connectivity index (χ3v) is 1.54. The number of aromatic nitrogens is 2. The molecule has 5 heteroatoms. The number of alkyl halides is 2. The second-order valence-corrected chi connectivity index (χ2v) is 3.31. The van der Waals surface area contributed by atoms with Crippen LogP contribution in [0.1, 0.15) is 31.7 Å². The molecular weight excluding hydrogens is 176 g/mol. The van der Waals surface area contributed by atoms with Crippen LogP contribution in [0.4, 0.5) is 8.78 Å². The van der Waals surface area contributed by atoms with E-state index >= 15 is 0 Å². The third kappa shape index (κ3) is 2.18. The van der Waals surface area contributed by atoms with Gasteiger partial charge in [0.2, 0.25) is 0 Å². The summed E-state index contributed by atoms with van der Waals surface area (Å²) >= 11 is 0. The van der Waals surface area contributed by atoms with Crippen molar-refractivity contribution in [1.82, 2.24) is 9.97 Å². The van der Waals surface area contributed by atoms with Crippen LogP contribution in [0.3, 0.4) is 0 Å². The topological polar surface area (TPSA) is 51.8 Å². The van der Waals surface area contributed by atoms with Crippen LogP contribution in [-0.2, 0) is 5.54 Å². The van der Waals surface area contributed by atoms with Crippen molar-refractivity contribution in [3.05, 3.63) is 23.8 Å². The van der Waals surface area contributed by atoms with E-state index in [2.05, 4.69) is 9.97 Å². The molecule has 3 nitrogen and oxygen atoms in total. The van der Waals surface area contributed by atoms with Crippen LogP contribution in [0, 0.1) is 0 Å². The fourth-order valence-electron chi connectivity index (χ4n) is 1.00. The van der Waals surface area contributed by atoms with Crippen molar-refractivity contribution < 1.29 is 8.78 Å². The maximum absolute atomic E-state index is 12.4. The van der Waals surface area contributed by atoms with Gasteiger partial charge in [0, 0.05) is 12.4 Å². The van der Waals surface area contributed by atoms with E-state index in [0.29, 0.717) is 0 Å². The molecule has 1 aromatic heterocycles. The molecule has 0 atom stereocenters. The molecule has 0 aliphatic rings. The zero-order valence-electron chi connectivity index (χ0n) is 7.46. The summed E-state index contributed by atoms with van der Waals surface area (Å²) in [4.78, 5) is 7.36. The van der Waals surface area contributed by atoms with Crippen molar-refractivity contribution in [1.29, 1.82) is 0 Å². The maximum atomic E-state index is 12.4. The highest BCUT2D eigenvalue weighted by Gasteiger charge is 2.25. The number of halogens is 2. The van der Waals surface area contributed by atoms with Crippen LogP contribution in [0.15, 0.2) is 12.4 Å². The summed E-state index contributed by atoms with van der Waals surface area (Å²) in [6.07, 6.45) is -0.0430. The quantitative estimate of drug-likeness (QED) is 0.765. The van der Waals surface area contributed by atoms with Gasteiger partial charge >= 0.3 is 0 Å². The first-order chi connectivity index (χ1) is 5.93. The smallest absolute Gasteiger partial charge is 0.282 e. The van der Waals surface area contributed by atoms with Gasteiger partial charge in [-0.05, 0) is 13.8 Å². The molecule has 0 unspecified atom stereocenters. The molecule has 1 aromatic rings. The Kier molecular flexibility index (Phi) is 2.56. The molecule has 2 N–H and O–H groups in total. The number of nitrogens with two attached hydrogens (primary N) is 1. The summed E-state index contributed by atoms with van der Waals surface area (Å²) in [5.41, 5.74) is 4.58. The van der Waals surface area contributed by atoms with Crippen molar-refractivity contribution in [3.8, 4) is 0 Å². The molecule has 13 heavy (non-hydrogen) atoms. The second kappa shape index (κ2) is 3.33. The highest BCUT2D eigenvalue weighted by Crippen LogP contribution is 2.25. The lowest BCUT2D eigenvalue weighted by Crippen LogP contribution is -2.31. The molecular formula is C8H11F2N3. The van der Waals surface area contributed by atoms with E-state index in [0.717, 1.165) is 0 Å². The predicted molar refractivity (Wildman–Crippen MR) is 44.2 cm³/mol. The van der Waals surface area contributed by atoms with Crippen molar-refractivity contribution in [2.24, 2.45) is 5.73 Å². The number of rotatable bonds is 2. The highest BCUT2D eigenvalue weighted by atomic mass is 19.3. The Morgan fingerprint density at radius 3 is 2.23 bits per heavy atom. The van der Waals surface area contributed by atoms with E-state index in [4.69, 9.17) is 5.73 Å². The lowest BCUT2D eigenvalue weighted by atomic mass is 10.00. The molecule has 0 bridgehead atoms. The van der Waals surface area contributed by atoms with Crippen LogP contribution >= 0.6 is 0 Å². The van der Waals surface area contributed by atoms with Crippen molar-refractivity contribution in [2.45, 2.75) is 25.8 Å². The zero-order chi connectivity index (χ0) is 10.1. The molecule has 0 radical (unpaired) electrons. The van der Waals surface area contributed by atoms with E-state index in [1.165, 1.54) is 12.4 Å². The van der Waals surface area contributed by atoms with E-state index < -0.39 is 12.0 Å². The molecule has 0 spiro atoms. The normalized spacial score (nSPS) is 12.2. The van der Waals surface area contributed by atoms with E-state index in [1.807, 2.05) is 0 Å². The minimum absolute atomic E-state index is 0.144. The largest absolute Gasteiger partial charge is 0.321 e. The first-order valence-corrected chi connectivity index (χ1v) is 3.81. The SMILES string of the molecule is CC(C)(N)c1nccnc1C(F)F. The van der Waals surface area contributed by atoms with E-state index in [9.17, 15) is 8.78 Å². The number of hydrogen-bond donors (Lipinski definition) is 1. The van der Waals surface area contributed by atoms with Gasteiger partial charge in [-0.25, -0.2) is 8.78 Å². The summed E-state index contributed by atoms with van der Waals surface area (Å²) in [6, 6.07) is 0. The van der Waals surface area contributed by atoms with E-state index in [1.54, 1.807) is 13.8 Å². The van der Waals surface area contributed by atoms with Gasteiger partial charge in [0.15, 0.2) is 0 Å². The van der Waals surface area contributed by atoms with Gasteiger partial charge in [0.1, 0.15) is 5.69 Å². The van der Waals surface area contributed by atoms with Gasteiger partial charge < -0.3 is 5.73 Å². The summed E-state index contributed by atoms with van der Waals surface area (Å²) < 4.78 is 24.8. The van der Waals surface area contributed by atoms with Crippen molar-refractivity contribution in [3.63, 3.8) is 0 Å². The number of hydrogen-bond acceptors (Lipinski definition) is 3. The maximum Gasteiger partial charge on any atom is 0.282 e. The monoisotopic (exact) mass is 187 g/mol. The van der Waals surface area contributed by atoms with Gasteiger partial charge in [-0.2, -0.15) is 0 Å². The first kappa shape index (κ1) is 9.98.